The maximum Gasteiger partial charge on any atom is 0.162 e. The fraction of sp³-hybridized carbons (Fsp3) is 0.333. The van der Waals surface area contributed by atoms with Crippen LogP contribution >= 0.6 is 12.4 Å². The zero-order valence-corrected chi connectivity index (χ0v) is 15.4. The van der Waals surface area contributed by atoms with Crippen LogP contribution < -0.4 is 4.90 Å². The number of nitrogens with zero attached hydrogens (tertiary/aromatic N) is 3. The van der Waals surface area contributed by atoms with Crippen molar-refractivity contribution in [1.82, 2.24) is 9.97 Å². The summed E-state index contributed by atoms with van der Waals surface area (Å²) in [4.78, 5) is 12.3. The highest BCUT2D eigenvalue weighted by Gasteiger charge is 2.16. The van der Waals surface area contributed by atoms with E-state index in [9.17, 15) is 0 Å². The Morgan fingerprint density at radius 3 is 2.36 bits per heavy atom. The molecule has 2 heterocycles. The SMILES string of the molecule is Cc1cccc(-c2nc(N3CCCCCC3)c3ccccc3n2)c1.Cl. The first kappa shape index (κ1) is 17.7. The Hall–Kier alpha value is -2.13. The highest BCUT2D eigenvalue weighted by atomic mass is 35.5. The smallest absolute Gasteiger partial charge is 0.162 e. The van der Waals surface area contributed by atoms with Crippen molar-refractivity contribution in [3.05, 3.63) is 54.1 Å². The van der Waals surface area contributed by atoms with Crippen LogP contribution in [0.25, 0.3) is 22.3 Å². The van der Waals surface area contributed by atoms with E-state index >= 15 is 0 Å². The van der Waals surface area contributed by atoms with Gasteiger partial charge in [-0.05, 0) is 38.0 Å². The summed E-state index contributed by atoms with van der Waals surface area (Å²) in [6, 6.07) is 16.8. The average Bonchev–Trinajstić information content (AvgIpc) is 2.90. The molecular formula is C21H24ClN3. The highest BCUT2D eigenvalue weighted by Crippen LogP contribution is 2.29. The second-order valence-corrected chi connectivity index (χ2v) is 6.66. The summed E-state index contributed by atoms with van der Waals surface area (Å²) < 4.78 is 0. The van der Waals surface area contributed by atoms with E-state index in [-0.39, 0.29) is 12.4 Å². The van der Waals surface area contributed by atoms with Crippen LogP contribution in [0.15, 0.2) is 48.5 Å². The lowest BCUT2D eigenvalue weighted by molar-refractivity contribution is 0.726. The lowest BCUT2D eigenvalue weighted by Crippen LogP contribution is -2.25. The van der Waals surface area contributed by atoms with Crippen molar-refractivity contribution in [2.75, 3.05) is 18.0 Å². The van der Waals surface area contributed by atoms with Gasteiger partial charge in [0.25, 0.3) is 0 Å². The first-order valence-corrected chi connectivity index (χ1v) is 8.90. The number of para-hydroxylation sites is 1. The summed E-state index contributed by atoms with van der Waals surface area (Å²) in [5, 5.41) is 1.16. The number of anilines is 1. The molecule has 1 saturated heterocycles. The summed E-state index contributed by atoms with van der Waals surface area (Å²) >= 11 is 0. The molecule has 0 spiro atoms. The minimum Gasteiger partial charge on any atom is -0.356 e. The van der Waals surface area contributed by atoms with Crippen molar-refractivity contribution < 1.29 is 0 Å². The minimum absolute atomic E-state index is 0. The minimum atomic E-state index is 0. The number of aryl methyl sites for hydroxylation is 1. The van der Waals surface area contributed by atoms with Gasteiger partial charge in [-0.3, -0.25) is 0 Å². The molecule has 130 valence electrons. The number of rotatable bonds is 2. The highest BCUT2D eigenvalue weighted by molar-refractivity contribution is 5.91. The quantitative estimate of drug-likeness (QED) is 0.617. The number of fused-ring (bicyclic) bond motifs is 1. The van der Waals surface area contributed by atoms with Crippen molar-refractivity contribution in [2.45, 2.75) is 32.6 Å². The van der Waals surface area contributed by atoms with E-state index in [1.807, 2.05) is 0 Å². The first-order chi connectivity index (χ1) is 11.8. The Labute approximate surface area is 155 Å². The Morgan fingerprint density at radius 1 is 0.840 bits per heavy atom. The number of hydrogen-bond acceptors (Lipinski definition) is 3. The molecule has 4 heteroatoms. The first-order valence-electron chi connectivity index (χ1n) is 8.90. The van der Waals surface area contributed by atoms with E-state index < -0.39 is 0 Å². The van der Waals surface area contributed by atoms with E-state index in [1.165, 1.54) is 31.2 Å². The van der Waals surface area contributed by atoms with Crippen LogP contribution in [0.5, 0.6) is 0 Å². The van der Waals surface area contributed by atoms with Crippen LogP contribution in [0, 0.1) is 6.92 Å². The lowest BCUT2D eigenvalue weighted by Gasteiger charge is -2.23. The molecule has 0 bridgehead atoms. The third-order valence-electron chi connectivity index (χ3n) is 4.76. The zero-order valence-electron chi connectivity index (χ0n) is 14.6. The van der Waals surface area contributed by atoms with Crippen LogP contribution in [-0.2, 0) is 0 Å². The molecule has 3 aromatic rings. The zero-order chi connectivity index (χ0) is 16.4. The summed E-state index contributed by atoms with van der Waals surface area (Å²) in [5.74, 6) is 1.93. The molecule has 1 aliphatic heterocycles. The van der Waals surface area contributed by atoms with Gasteiger partial charge in [-0.1, -0.05) is 48.7 Å². The normalized spacial score (nSPS) is 14.8. The van der Waals surface area contributed by atoms with Crippen LogP contribution in [0.3, 0.4) is 0 Å². The standard InChI is InChI=1S/C21H23N3.ClH/c1-16-9-8-10-17(15-16)20-22-19-12-5-4-11-18(19)21(23-20)24-13-6-2-3-7-14-24;/h4-5,8-12,15H,2-3,6-7,13-14H2,1H3;1H. The van der Waals surface area contributed by atoms with Gasteiger partial charge < -0.3 is 4.90 Å². The molecule has 1 aromatic heterocycles. The summed E-state index contributed by atoms with van der Waals surface area (Å²) in [5.41, 5.74) is 3.36. The molecule has 0 amide bonds. The molecule has 0 saturated carbocycles. The lowest BCUT2D eigenvalue weighted by atomic mass is 10.1. The van der Waals surface area contributed by atoms with Crippen LogP contribution in [0.4, 0.5) is 5.82 Å². The van der Waals surface area contributed by atoms with Crippen molar-refractivity contribution in [3.8, 4) is 11.4 Å². The Balaban J connectivity index is 0.00000182. The average molecular weight is 354 g/mol. The third kappa shape index (κ3) is 3.77. The van der Waals surface area contributed by atoms with Crippen molar-refractivity contribution >= 4 is 29.1 Å². The largest absolute Gasteiger partial charge is 0.356 e. The second kappa shape index (κ2) is 7.83. The molecule has 0 radical (unpaired) electrons. The molecular weight excluding hydrogens is 330 g/mol. The van der Waals surface area contributed by atoms with Crippen molar-refractivity contribution in [3.63, 3.8) is 0 Å². The number of hydrogen-bond donors (Lipinski definition) is 0. The molecule has 0 N–H and O–H groups in total. The van der Waals surface area contributed by atoms with Gasteiger partial charge in [0.15, 0.2) is 5.82 Å². The van der Waals surface area contributed by atoms with Gasteiger partial charge in [0, 0.05) is 24.0 Å². The van der Waals surface area contributed by atoms with Crippen LogP contribution in [0.2, 0.25) is 0 Å². The topological polar surface area (TPSA) is 29.0 Å². The monoisotopic (exact) mass is 353 g/mol. The predicted octanol–water partition coefficient (Wildman–Crippen LogP) is 5.41. The van der Waals surface area contributed by atoms with Gasteiger partial charge in [0.1, 0.15) is 5.82 Å². The van der Waals surface area contributed by atoms with E-state index in [4.69, 9.17) is 9.97 Å². The Morgan fingerprint density at radius 2 is 1.60 bits per heavy atom. The van der Waals surface area contributed by atoms with Gasteiger partial charge in [0.05, 0.1) is 5.52 Å². The maximum atomic E-state index is 4.99. The van der Waals surface area contributed by atoms with Crippen molar-refractivity contribution in [2.24, 2.45) is 0 Å². The van der Waals surface area contributed by atoms with Crippen LogP contribution in [-0.4, -0.2) is 23.1 Å². The van der Waals surface area contributed by atoms with Gasteiger partial charge in [0.2, 0.25) is 0 Å². The van der Waals surface area contributed by atoms with Gasteiger partial charge in [-0.25, -0.2) is 9.97 Å². The molecule has 3 nitrogen and oxygen atoms in total. The summed E-state index contributed by atoms with van der Waals surface area (Å²) in [7, 11) is 0. The van der Waals surface area contributed by atoms with Gasteiger partial charge in [-0.15, -0.1) is 12.4 Å². The van der Waals surface area contributed by atoms with Crippen LogP contribution in [0.1, 0.15) is 31.2 Å². The number of benzene rings is 2. The summed E-state index contributed by atoms with van der Waals surface area (Å²) in [6.45, 7) is 4.29. The molecule has 1 fully saturated rings. The van der Waals surface area contributed by atoms with E-state index in [1.54, 1.807) is 0 Å². The number of halogens is 1. The van der Waals surface area contributed by atoms with E-state index in [0.29, 0.717) is 0 Å². The van der Waals surface area contributed by atoms with Gasteiger partial charge in [-0.2, -0.15) is 0 Å². The molecule has 2 aromatic carbocycles. The molecule has 4 rings (SSSR count). The van der Waals surface area contributed by atoms with E-state index in [0.717, 1.165) is 41.2 Å². The Kier molecular flexibility index (Phi) is 5.54. The molecule has 1 aliphatic rings. The van der Waals surface area contributed by atoms with E-state index in [2.05, 4.69) is 60.4 Å². The summed E-state index contributed by atoms with van der Waals surface area (Å²) in [6.07, 6.45) is 5.14. The molecule has 0 unspecified atom stereocenters. The van der Waals surface area contributed by atoms with Gasteiger partial charge >= 0.3 is 0 Å². The fourth-order valence-corrected chi connectivity index (χ4v) is 3.50. The second-order valence-electron chi connectivity index (χ2n) is 6.66. The fourth-order valence-electron chi connectivity index (χ4n) is 3.50. The Bertz CT molecular complexity index is 855. The molecule has 0 aliphatic carbocycles. The maximum absolute atomic E-state index is 4.99. The molecule has 25 heavy (non-hydrogen) atoms. The predicted molar refractivity (Wildman–Crippen MR) is 108 cm³/mol. The number of aromatic nitrogens is 2. The molecule has 0 atom stereocenters. The third-order valence-corrected chi connectivity index (χ3v) is 4.76. The van der Waals surface area contributed by atoms with Crippen molar-refractivity contribution in [1.29, 1.82) is 0 Å².